The minimum Gasteiger partial charge on any atom is -0.332 e. The van der Waals surface area contributed by atoms with Crippen molar-refractivity contribution in [2.24, 2.45) is 20.0 Å². The van der Waals surface area contributed by atoms with Crippen LogP contribution in [0.4, 0.5) is 0 Å². The topological polar surface area (TPSA) is 56.0 Å². The van der Waals surface area contributed by atoms with Crippen LogP contribution in [-0.4, -0.2) is 42.9 Å². The zero-order valence-electron chi connectivity index (χ0n) is 14.7. The quantitative estimate of drug-likeness (QED) is 0.686. The van der Waals surface area contributed by atoms with E-state index in [4.69, 9.17) is 4.98 Å². The van der Waals surface area contributed by atoms with E-state index >= 15 is 0 Å². The van der Waals surface area contributed by atoms with Gasteiger partial charge in [0.2, 0.25) is 5.78 Å². The van der Waals surface area contributed by atoms with Crippen molar-refractivity contribution in [3.05, 3.63) is 48.3 Å². The first-order valence-electron chi connectivity index (χ1n) is 8.77. The Morgan fingerprint density at radius 2 is 2.12 bits per heavy atom. The summed E-state index contributed by atoms with van der Waals surface area (Å²) in [5.41, 5.74) is 2.17. The van der Waals surface area contributed by atoms with Crippen LogP contribution in [0.2, 0.25) is 0 Å². The summed E-state index contributed by atoms with van der Waals surface area (Å²) in [6.45, 7) is 2.55. The molecule has 2 aromatic heterocycles. The number of nitrogens with zero attached hydrogens (tertiary/aromatic N) is 5. The van der Waals surface area contributed by atoms with Gasteiger partial charge < -0.3 is 9.13 Å². The van der Waals surface area contributed by atoms with Crippen molar-refractivity contribution in [2.75, 3.05) is 13.1 Å². The molecule has 0 unspecified atom stereocenters. The van der Waals surface area contributed by atoms with Gasteiger partial charge in [-0.15, -0.1) is 0 Å². The van der Waals surface area contributed by atoms with Crippen LogP contribution >= 0.6 is 0 Å². The number of para-hydroxylation sites is 2. The molecular formula is C19H23N5O. The van der Waals surface area contributed by atoms with Crippen LogP contribution in [0.15, 0.2) is 36.7 Å². The summed E-state index contributed by atoms with van der Waals surface area (Å²) in [6, 6.07) is 8.19. The standard InChI is InChI=1S/C19H23N5O/c1-22-11-9-20-19(22)18(25)14-6-5-10-24(12-14)13-17-21-15-7-3-4-8-16(15)23(17)2/h3-4,7-9,11,14H,5-6,10,12-13H2,1-2H3/t14-/m0/s1. The Kier molecular flexibility index (Phi) is 4.13. The molecule has 0 amide bonds. The maximum absolute atomic E-state index is 12.8. The van der Waals surface area contributed by atoms with Gasteiger partial charge in [-0.05, 0) is 31.5 Å². The molecule has 0 aliphatic carbocycles. The zero-order valence-corrected chi connectivity index (χ0v) is 14.7. The molecule has 25 heavy (non-hydrogen) atoms. The number of aryl methyl sites for hydroxylation is 2. The van der Waals surface area contributed by atoms with Gasteiger partial charge in [-0.3, -0.25) is 9.69 Å². The molecule has 1 saturated heterocycles. The number of ketones is 1. The number of rotatable bonds is 4. The van der Waals surface area contributed by atoms with E-state index in [1.54, 1.807) is 6.20 Å². The maximum atomic E-state index is 12.8. The number of Topliss-reactive ketones (excluding diaryl/α,β-unsaturated/α-hetero) is 1. The van der Waals surface area contributed by atoms with Crippen molar-refractivity contribution in [3.8, 4) is 0 Å². The van der Waals surface area contributed by atoms with E-state index in [2.05, 4.69) is 27.6 Å². The highest BCUT2D eigenvalue weighted by Crippen LogP contribution is 2.23. The number of fused-ring (bicyclic) bond motifs is 1. The van der Waals surface area contributed by atoms with Crippen LogP contribution in [-0.2, 0) is 20.6 Å². The molecule has 3 aromatic rings. The number of hydrogen-bond acceptors (Lipinski definition) is 4. The molecule has 0 saturated carbocycles. The summed E-state index contributed by atoms with van der Waals surface area (Å²) in [5.74, 6) is 1.78. The highest BCUT2D eigenvalue weighted by molar-refractivity contribution is 5.95. The SMILES string of the molecule is Cn1ccnc1C(=O)[C@H]1CCCN(Cc2nc3ccccc3n2C)C1. The van der Waals surface area contributed by atoms with Crippen LogP contribution in [0.5, 0.6) is 0 Å². The first-order chi connectivity index (χ1) is 12.1. The van der Waals surface area contributed by atoms with Crippen LogP contribution < -0.4 is 0 Å². The van der Waals surface area contributed by atoms with Crippen LogP contribution in [0, 0.1) is 5.92 Å². The van der Waals surface area contributed by atoms with Gasteiger partial charge in [-0.2, -0.15) is 0 Å². The number of carbonyl (C=O) groups excluding carboxylic acids is 1. The molecule has 1 aliphatic heterocycles. The van der Waals surface area contributed by atoms with Crippen molar-refractivity contribution < 1.29 is 4.79 Å². The highest BCUT2D eigenvalue weighted by Gasteiger charge is 2.29. The van der Waals surface area contributed by atoms with E-state index in [9.17, 15) is 4.79 Å². The lowest BCUT2D eigenvalue weighted by Gasteiger charge is -2.31. The average molecular weight is 337 g/mol. The van der Waals surface area contributed by atoms with Crippen molar-refractivity contribution in [3.63, 3.8) is 0 Å². The number of aromatic nitrogens is 4. The minimum atomic E-state index is 0.0181. The third-order valence-electron chi connectivity index (χ3n) is 5.16. The first kappa shape index (κ1) is 16.0. The van der Waals surface area contributed by atoms with Crippen molar-refractivity contribution in [1.29, 1.82) is 0 Å². The van der Waals surface area contributed by atoms with Crippen LogP contribution in [0.25, 0.3) is 11.0 Å². The summed E-state index contributed by atoms with van der Waals surface area (Å²) in [5, 5.41) is 0. The van der Waals surface area contributed by atoms with Crippen molar-refractivity contribution in [1.82, 2.24) is 24.0 Å². The van der Waals surface area contributed by atoms with E-state index in [-0.39, 0.29) is 11.7 Å². The molecule has 130 valence electrons. The number of carbonyl (C=O) groups is 1. The Morgan fingerprint density at radius 3 is 2.88 bits per heavy atom. The Bertz CT molecular complexity index is 910. The van der Waals surface area contributed by atoms with Gasteiger partial charge in [-0.25, -0.2) is 9.97 Å². The van der Waals surface area contributed by atoms with Gasteiger partial charge in [0.15, 0.2) is 5.82 Å². The fraction of sp³-hybridized carbons (Fsp3) is 0.421. The molecule has 0 spiro atoms. The summed E-state index contributed by atoms with van der Waals surface area (Å²) >= 11 is 0. The maximum Gasteiger partial charge on any atom is 0.202 e. The van der Waals surface area contributed by atoms with Gasteiger partial charge >= 0.3 is 0 Å². The molecule has 4 rings (SSSR count). The van der Waals surface area contributed by atoms with E-state index in [0.717, 1.165) is 49.3 Å². The Labute approximate surface area is 147 Å². The van der Waals surface area contributed by atoms with Gasteiger partial charge in [0, 0.05) is 39.0 Å². The molecule has 1 aromatic carbocycles. The third-order valence-corrected chi connectivity index (χ3v) is 5.16. The molecule has 0 N–H and O–H groups in total. The molecule has 1 aliphatic rings. The van der Waals surface area contributed by atoms with Crippen molar-refractivity contribution >= 4 is 16.8 Å². The van der Waals surface area contributed by atoms with E-state index in [1.165, 1.54) is 0 Å². The largest absolute Gasteiger partial charge is 0.332 e. The summed E-state index contributed by atoms with van der Waals surface area (Å²) in [7, 11) is 3.94. The molecule has 6 heteroatoms. The Hall–Kier alpha value is -2.47. The normalized spacial score (nSPS) is 18.7. The molecular weight excluding hydrogens is 314 g/mol. The molecule has 0 bridgehead atoms. The van der Waals surface area contributed by atoms with Gasteiger partial charge in [0.25, 0.3) is 0 Å². The highest BCUT2D eigenvalue weighted by atomic mass is 16.1. The number of benzene rings is 1. The fourth-order valence-corrected chi connectivity index (χ4v) is 3.74. The predicted octanol–water partition coefficient (Wildman–Crippen LogP) is 2.40. The number of likely N-dealkylation sites (tertiary alicyclic amines) is 1. The minimum absolute atomic E-state index is 0.0181. The third kappa shape index (κ3) is 2.98. The molecule has 1 fully saturated rings. The number of hydrogen-bond donors (Lipinski definition) is 0. The van der Waals surface area contributed by atoms with Crippen LogP contribution in [0.3, 0.4) is 0 Å². The second-order valence-corrected chi connectivity index (χ2v) is 6.88. The predicted molar refractivity (Wildman–Crippen MR) is 96.3 cm³/mol. The monoisotopic (exact) mass is 337 g/mol. The van der Waals surface area contributed by atoms with E-state index < -0.39 is 0 Å². The number of piperidine rings is 1. The average Bonchev–Trinajstić information content (AvgIpc) is 3.19. The Morgan fingerprint density at radius 1 is 1.28 bits per heavy atom. The fourth-order valence-electron chi connectivity index (χ4n) is 3.74. The lowest BCUT2D eigenvalue weighted by molar-refractivity contribution is 0.0793. The summed E-state index contributed by atoms with van der Waals surface area (Å²) in [6.07, 6.45) is 5.48. The number of imidazole rings is 2. The second kappa shape index (κ2) is 6.44. The first-order valence-corrected chi connectivity index (χ1v) is 8.77. The molecule has 6 nitrogen and oxygen atoms in total. The molecule has 3 heterocycles. The summed E-state index contributed by atoms with van der Waals surface area (Å²) < 4.78 is 3.96. The van der Waals surface area contributed by atoms with Gasteiger partial charge in [-0.1, -0.05) is 12.1 Å². The van der Waals surface area contributed by atoms with Crippen LogP contribution in [0.1, 0.15) is 29.3 Å². The molecule has 0 radical (unpaired) electrons. The smallest absolute Gasteiger partial charge is 0.202 e. The lowest BCUT2D eigenvalue weighted by atomic mass is 9.93. The lowest BCUT2D eigenvalue weighted by Crippen LogP contribution is -2.39. The van der Waals surface area contributed by atoms with E-state index in [0.29, 0.717) is 5.82 Å². The van der Waals surface area contributed by atoms with E-state index in [1.807, 2.05) is 36.0 Å². The molecule has 1 atom stereocenters. The van der Waals surface area contributed by atoms with Crippen molar-refractivity contribution in [2.45, 2.75) is 19.4 Å². The Balaban J connectivity index is 1.50. The zero-order chi connectivity index (χ0) is 17.4. The van der Waals surface area contributed by atoms with Gasteiger partial charge in [0.1, 0.15) is 5.82 Å². The summed E-state index contributed by atoms with van der Waals surface area (Å²) in [4.78, 5) is 24.1. The van der Waals surface area contributed by atoms with Gasteiger partial charge in [0.05, 0.1) is 17.6 Å². The second-order valence-electron chi connectivity index (χ2n) is 6.88.